The van der Waals surface area contributed by atoms with Crippen molar-refractivity contribution in [2.24, 2.45) is 0 Å². The second-order valence-corrected chi connectivity index (χ2v) is 9.93. The molecule has 0 spiro atoms. The SMILES string of the molecule is COCCN(C1CCN(Cc2cccc(C#N)c2)CC1)S(=O)(=O)c1cccs1. The highest BCUT2D eigenvalue weighted by Gasteiger charge is 2.34. The summed E-state index contributed by atoms with van der Waals surface area (Å²) in [5.74, 6) is 0. The van der Waals surface area contributed by atoms with Crippen LogP contribution in [0.3, 0.4) is 0 Å². The van der Waals surface area contributed by atoms with E-state index in [1.165, 1.54) is 11.3 Å². The minimum atomic E-state index is -3.50. The number of sulfonamides is 1. The lowest BCUT2D eigenvalue weighted by Crippen LogP contribution is -2.48. The molecular weight excluding hydrogens is 394 g/mol. The molecule has 1 saturated heterocycles. The average molecular weight is 420 g/mol. The number of methoxy groups -OCH3 is 1. The maximum Gasteiger partial charge on any atom is 0.252 e. The van der Waals surface area contributed by atoms with E-state index in [2.05, 4.69) is 11.0 Å². The Hall–Kier alpha value is -1.76. The van der Waals surface area contributed by atoms with E-state index in [-0.39, 0.29) is 6.04 Å². The molecule has 0 aliphatic carbocycles. The Balaban J connectivity index is 1.66. The highest BCUT2D eigenvalue weighted by atomic mass is 32.2. The molecule has 0 unspecified atom stereocenters. The van der Waals surface area contributed by atoms with Crippen LogP contribution in [-0.2, 0) is 21.3 Å². The summed E-state index contributed by atoms with van der Waals surface area (Å²) >= 11 is 1.25. The standard InChI is InChI=1S/C20H25N3O3S2/c1-26-12-11-23(28(24,25)20-6-3-13-27-20)19-7-9-22(10-8-19)16-18-5-2-4-17(14-18)15-21/h2-6,13-14,19H,7-12,16H2,1H3. The minimum absolute atomic E-state index is 0.0241. The summed E-state index contributed by atoms with van der Waals surface area (Å²) in [5.41, 5.74) is 1.78. The van der Waals surface area contributed by atoms with E-state index in [0.717, 1.165) is 38.0 Å². The molecule has 0 N–H and O–H groups in total. The van der Waals surface area contributed by atoms with Gasteiger partial charge in [0.05, 0.1) is 18.2 Å². The van der Waals surface area contributed by atoms with Crippen LogP contribution < -0.4 is 0 Å². The van der Waals surface area contributed by atoms with Crippen LogP contribution >= 0.6 is 11.3 Å². The zero-order chi connectivity index (χ0) is 20.0. The van der Waals surface area contributed by atoms with E-state index in [4.69, 9.17) is 10.00 Å². The molecule has 28 heavy (non-hydrogen) atoms. The van der Waals surface area contributed by atoms with Crippen LogP contribution in [0.25, 0.3) is 0 Å². The van der Waals surface area contributed by atoms with Gasteiger partial charge in [0.2, 0.25) is 0 Å². The monoisotopic (exact) mass is 419 g/mol. The number of likely N-dealkylation sites (tertiary alicyclic amines) is 1. The minimum Gasteiger partial charge on any atom is -0.383 e. The van der Waals surface area contributed by atoms with Crippen LogP contribution in [0.2, 0.25) is 0 Å². The summed E-state index contributed by atoms with van der Waals surface area (Å²) in [6.07, 6.45) is 1.57. The predicted molar refractivity (Wildman–Crippen MR) is 110 cm³/mol. The fourth-order valence-electron chi connectivity index (χ4n) is 3.57. The predicted octanol–water partition coefficient (Wildman–Crippen LogP) is 2.92. The quantitative estimate of drug-likeness (QED) is 0.658. The zero-order valence-electron chi connectivity index (χ0n) is 16.0. The molecule has 2 heterocycles. The van der Waals surface area contributed by atoms with Gasteiger partial charge in [-0.25, -0.2) is 8.42 Å². The molecule has 1 aromatic carbocycles. The van der Waals surface area contributed by atoms with Gasteiger partial charge in [0.25, 0.3) is 10.0 Å². The van der Waals surface area contributed by atoms with Gasteiger partial charge in [0.15, 0.2) is 0 Å². The van der Waals surface area contributed by atoms with Gasteiger partial charge in [-0.3, -0.25) is 4.90 Å². The van der Waals surface area contributed by atoms with Crippen molar-refractivity contribution in [3.8, 4) is 6.07 Å². The lowest BCUT2D eigenvalue weighted by atomic mass is 10.0. The van der Waals surface area contributed by atoms with Gasteiger partial charge in [-0.15, -0.1) is 11.3 Å². The summed E-state index contributed by atoms with van der Waals surface area (Å²) < 4.78 is 33.3. The second kappa shape index (κ2) is 9.63. The lowest BCUT2D eigenvalue weighted by Gasteiger charge is -2.37. The van der Waals surface area contributed by atoms with E-state index >= 15 is 0 Å². The number of hydrogen-bond acceptors (Lipinski definition) is 6. The van der Waals surface area contributed by atoms with Crippen LogP contribution in [0.1, 0.15) is 24.0 Å². The molecule has 1 aliphatic heterocycles. The van der Waals surface area contributed by atoms with Gasteiger partial charge in [-0.05, 0) is 42.0 Å². The maximum atomic E-state index is 13.1. The molecule has 1 fully saturated rings. The van der Waals surface area contributed by atoms with Crippen molar-refractivity contribution in [2.45, 2.75) is 29.6 Å². The first-order valence-corrected chi connectivity index (χ1v) is 11.6. The summed E-state index contributed by atoms with van der Waals surface area (Å²) in [4.78, 5) is 2.32. The normalized spacial score (nSPS) is 16.3. The fraction of sp³-hybridized carbons (Fsp3) is 0.450. The first-order valence-electron chi connectivity index (χ1n) is 9.30. The summed E-state index contributed by atoms with van der Waals surface area (Å²) in [5, 5.41) is 10.8. The van der Waals surface area contributed by atoms with Crippen molar-refractivity contribution in [1.29, 1.82) is 5.26 Å². The van der Waals surface area contributed by atoms with Crippen LogP contribution in [0.5, 0.6) is 0 Å². The van der Waals surface area contributed by atoms with Gasteiger partial charge < -0.3 is 4.74 Å². The number of hydrogen-bond donors (Lipinski definition) is 0. The number of thiophene rings is 1. The second-order valence-electron chi connectivity index (χ2n) is 6.86. The van der Waals surface area contributed by atoms with Crippen molar-refractivity contribution in [3.63, 3.8) is 0 Å². The van der Waals surface area contributed by atoms with Gasteiger partial charge in [0.1, 0.15) is 4.21 Å². The number of piperidine rings is 1. The highest BCUT2D eigenvalue weighted by Crippen LogP contribution is 2.27. The first kappa shape index (κ1) is 21.0. The third-order valence-corrected chi connectivity index (χ3v) is 8.33. The Morgan fingerprint density at radius 1 is 1.29 bits per heavy atom. The van der Waals surface area contributed by atoms with Crippen molar-refractivity contribution in [3.05, 3.63) is 52.9 Å². The Kier molecular flexibility index (Phi) is 7.21. The largest absolute Gasteiger partial charge is 0.383 e. The van der Waals surface area contributed by atoms with Crippen molar-refractivity contribution in [1.82, 2.24) is 9.21 Å². The Morgan fingerprint density at radius 2 is 2.07 bits per heavy atom. The van der Waals surface area contributed by atoms with Crippen LogP contribution in [0.4, 0.5) is 0 Å². The van der Waals surface area contributed by atoms with Gasteiger partial charge in [-0.2, -0.15) is 9.57 Å². The molecule has 1 aromatic heterocycles. The van der Waals surface area contributed by atoms with E-state index < -0.39 is 10.0 Å². The van der Waals surface area contributed by atoms with E-state index in [0.29, 0.717) is 22.9 Å². The summed E-state index contributed by atoms with van der Waals surface area (Å²) in [7, 11) is -1.91. The molecule has 0 amide bonds. The molecule has 0 saturated carbocycles. The van der Waals surface area contributed by atoms with Crippen molar-refractivity contribution < 1.29 is 13.2 Å². The molecule has 6 nitrogen and oxygen atoms in total. The van der Waals surface area contributed by atoms with Crippen molar-refractivity contribution in [2.75, 3.05) is 33.4 Å². The molecule has 2 aromatic rings. The van der Waals surface area contributed by atoms with E-state index in [1.54, 1.807) is 35.0 Å². The first-order chi connectivity index (χ1) is 13.5. The molecule has 0 atom stereocenters. The Morgan fingerprint density at radius 3 is 2.71 bits per heavy atom. The van der Waals surface area contributed by atoms with Crippen LogP contribution in [0, 0.1) is 11.3 Å². The van der Waals surface area contributed by atoms with Crippen LogP contribution in [0.15, 0.2) is 46.0 Å². The van der Waals surface area contributed by atoms with Crippen molar-refractivity contribution >= 4 is 21.4 Å². The van der Waals surface area contributed by atoms with Gasteiger partial charge in [0, 0.05) is 39.3 Å². The summed E-state index contributed by atoms with van der Waals surface area (Å²) in [6, 6.07) is 13.2. The average Bonchev–Trinajstić information content (AvgIpc) is 3.25. The Labute approximate surface area is 171 Å². The molecule has 3 rings (SSSR count). The molecule has 0 bridgehead atoms. The molecular formula is C20H25N3O3S2. The smallest absolute Gasteiger partial charge is 0.252 e. The number of nitrogens with zero attached hydrogens (tertiary/aromatic N) is 3. The number of benzene rings is 1. The molecule has 8 heteroatoms. The number of ether oxygens (including phenoxy) is 1. The fourth-order valence-corrected chi connectivity index (χ4v) is 6.36. The third-order valence-electron chi connectivity index (χ3n) is 5.00. The summed E-state index contributed by atoms with van der Waals surface area (Å²) in [6.45, 7) is 3.17. The van der Waals surface area contributed by atoms with Gasteiger partial charge in [-0.1, -0.05) is 18.2 Å². The molecule has 0 radical (unpaired) electrons. The number of nitriles is 1. The molecule has 150 valence electrons. The molecule has 1 aliphatic rings. The third kappa shape index (κ3) is 4.99. The lowest BCUT2D eigenvalue weighted by molar-refractivity contribution is 0.125. The highest BCUT2D eigenvalue weighted by molar-refractivity contribution is 7.91. The van der Waals surface area contributed by atoms with Gasteiger partial charge >= 0.3 is 0 Å². The topological polar surface area (TPSA) is 73.6 Å². The van der Waals surface area contributed by atoms with E-state index in [9.17, 15) is 8.42 Å². The maximum absolute atomic E-state index is 13.1. The Bertz CT molecular complexity index is 899. The van der Waals surface area contributed by atoms with E-state index in [1.807, 2.05) is 18.2 Å². The zero-order valence-corrected chi connectivity index (χ0v) is 17.6. The van der Waals surface area contributed by atoms with Crippen LogP contribution in [-0.4, -0.2) is 57.0 Å². The number of rotatable bonds is 8.